The lowest BCUT2D eigenvalue weighted by molar-refractivity contribution is -0.139. The summed E-state index contributed by atoms with van der Waals surface area (Å²) in [6.07, 6.45) is 5.56. The van der Waals surface area contributed by atoms with E-state index in [-0.39, 0.29) is 28.9 Å². The van der Waals surface area contributed by atoms with E-state index in [0.717, 1.165) is 45.4 Å². The zero-order valence-electron chi connectivity index (χ0n) is 15.4. The number of piperidine rings is 1. The van der Waals surface area contributed by atoms with Gasteiger partial charge >= 0.3 is 0 Å². The van der Waals surface area contributed by atoms with Gasteiger partial charge in [-0.2, -0.15) is 0 Å². The summed E-state index contributed by atoms with van der Waals surface area (Å²) < 4.78 is 23.2. The van der Waals surface area contributed by atoms with Crippen LogP contribution in [0.3, 0.4) is 0 Å². The number of likely N-dealkylation sites (N-methyl/N-ethyl adjacent to an activating group) is 1. The highest BCUT2D eigenvalue weighted by atomic mass is 32.2. The van der Waals surface area contributed by atoms with Crippen LogP contribution in [0.1, 0.15) is 44.0 Å². The summed E-state index contributed by atoms with van der Waals surface area (Å²) in [6.45, 7) is 5.66. The highest BCUT2D eigenvalue weighted by molar-refractivity contribution is 7.91. The van der Waals surface area contributed by atoms with E-state index in [4.69, 9.17) is 0 Å². The standard InChI is InChI=1S/C18H28N4O3S/c1-2-22-8-3-15-16(20-13-19-15)18(22)6-9-21(10-7-18)17(23)14-4-11-26(24,25)12-5-14/h13-14H,2-12H2,1H3,(H,19,20). The quantitative estimate of drug-likeness (QED) is 0.825. The summed E-state index contributed by atoms with van der Waals surface area (Å²) in [5.74, 6) is 0.334. The van der Waals surface area contributed by atoms with Crippen LogP contribution in [0, 0.1) is 5.92 Å². The first-order chi connectivity index (χ1) is 12.5. The largest absolute Gasteiger partial charge is 0.348 e. The highest BCUT2D eigenvalue weighted by Crippen LogP contribution is 2.42. The van der Waals surface area contributed by atoms with Crippen LogP contribution in [-0.4, -0.2) is 71.8 Å². The van der Waals surface area contributed by atoms with Crippen LogP contribution in [0.15, 0.2) is 6.33 Å². The Labute approximate surface area is 155 Å². The van der Waals surface area contributed by atoms with Gasteiger partial charge < -0.3 is 9.88 Å². The molecular weight excluding hydrogens is 352 g/mol. The minimum Gasteiger partial charge on any atom is -0.348 e. The lowest BCUT2D eigenvalue weighted by Gasteiger charge is -2.50. The molecular formula is C18H28N4O3S. The smallest absolute Gasteiger partial charge is 0.225 e. The van der Waals surface area contributed by atoms with E-state index in [9.17, 15) is 13.2 Å². The first-order valence-corrected chi connectivity index (χ1v) is 11.5. The number of carbonyl (C=O) groups excluding carboxylic acids is 1. The molecule has 0 atom stereocenters. The lowest BCUT2D eigenvalue weighted by atomic mass is 9.78. The van der Waals surface area contributed by atoms with Crippen LogP contribution in [0.25, 0.3) is 0 Å². The third-order valence-corrected chi connectivity index (χ3v) is 8.30. The first-order valence-electron chi connectivity index (χ1n) is 9.72. The number of sulfone groups is 1. The Morgan fingerprint density at radius 1 is 1.27 bits per heavy atom. The molecule has 2 fully saturated rings. The Morgan fingerprint density at radius 2 is 1.96 bits per heavy atom. The molecule has 26 heavy (non-hydrogen) atoms. The van der Waals surface area contributed by atoms with Gasteiger partial charge in [-0.25, -0.2) is 13.4 Å². The predicted molar refractivity (Wildman–Crippen MR) is 98.4 cm³/mol. The third kappa shape index (κ3) is 2.97. The van der Waals surface area contributed by atoms with Crippen LogP contribution in [0.2, 0.25) is 0 Å². The molecule has 3 aliphatic rings. The van der Waals surface area contributed by atoms with E-state index < -0.39 is 9.84 Å². The van der Waals surface area contributed by atoms with Gasteiger partial charge in [0.25, 0.3) is 0 Å². The normalized spacial score (nSPS) is 26.0. The van der Waals surface area contributed by atoms with E-state index in [1.54, 1.807) is 6.33 Å². The van der Waals surface area contributed by atoms with Gasteiger partial charge in [-0.1, -0.05) is 6.92 Å². The van der Waals surface area contributed by atoms with Crippen LogP contribution < -0.4 is 0 Å². The van der Waals surface area contributed by atoms with Gasteiger partial charge in [0.15, 0.2) is 0 Å². The molecule has 2 saturated heterocycles. The van der Waals surface area contributed by atoms with Crippen LogP contribution in [0.4, 0.5) is 0 Å². The van der Waals surface area contributed by atoms with Gasteiger partial charge in [-0.3, -0.25) is 9.69 Å². The maximum atomic E-state index is 12.9. The third-order valence-electron chi connectivity index (χ3n) is 6.58. The Balaban J connectivity index is 1.46. The van der Waals surface area contributed by atoms with Gasteiger partial charge in [0.2, 0.25) is 5.91 Å². The van der Waals surface area contributed by atoms with Crippen molar-refractivity contribution >= 4 is 15.7 Å². The summed E-state index contributed by atoms with van der Waals surface area (Å²) in [5, 5.41) is 0. The van der Waals surface area contributed by atoms with Crippen molar-refractivity contribution in [3.63, 3.8) is 0 Å². The number of fused-ring (bicyclic) bond motifs is 2. The number of imidazole rings is 1. The van der Waals surface area contributed by atoms with Crippen molar-refractivity contribution in [3.8, 4) is 0 Å². The second-order valence-electron chi connectivity index (χ2n) is 7.84. The molecule has 0 aliphatic carbocycles. The molecule has 0 unspecified atom stereocenters. The summed E-state index contributed by atoms with van der Waals surface area (Å²) in [6, 6.07) is 0. The number of aromatic amines is 1. The number of nitrogens with zero attached hydrogens (tertiary/aromatic N) is 3. The molecule has 4 rings (SSSR count). The maximum Gasteiger partial charge on any atom is 0.225 e. The van der Waals surface area contributed by atoms with Crippen LogP contribution >= 0.6 is 0 Å². The molecule has 0 bridgehead atoms. The van der Waals surface area contributed by atoms with Gasteiger partial charge in [0, 0.05) is 37.7 Å². The predicted octanol–water partition coefficient (Wildman–Crippen LogP) is 0.930. The molecule has 1 aromatic heterocycles. The zero-order chi connectivity index (χ0) is 18.4. The fourth-order valence-corrected chi connectivity index (χ4v) is 6.52. The molecule has 1 aromatic rings. The zero-order valence-corrected chi connectivity index (χ0v) is 16.2. The van der Waals surface area contributed by atoms with Gasteiger partial charge in [0.1, 0.15) is 9.84 Å². The van der Waals surface area contributed by atoms with E-state index in [1.807, 2.05) is 4.90 Å². The Hall–Kier alpha value is -1.41. The summed E-state index contributed by atoms with van der Waals surface area (Å²) >= 11 is 0. The molecule has 1 amide bonds. The fourth-order valence-electron chi connectivity index (χ4n) is 5.03. The van der Waals surface area contributed by atoms with Crippen molar-refractivity contribution in [2.75, 3.05) is 37.7 Å². The molecule has 8 heteroatoms. The number of rotatable bonds is 2. The first kappa shape index (κ1) is 18.0. The molecule has 4 heterocycles. The number of hydrogen-bond donors (Lipinski definition) is 1. The summed E-state index contributed by atoms with van der Waals surface area (Å²) in [5.41, 5.74) is 2.35. The fraction of sp³-hybridized carbons (Fsp3) is 0.778. The minimum absolute atomic E-state index is 0.0605. The molecule has 0 saturated carbocycles. The average Bonchev–Trinajstić information content (AvgIpc) is 3.12. The second-order valence-corrected chi connectivity index (χ2v) is 10.1. The molecule has 0 radical (unpaired) electrons. The SMILES string of the molecule is CCN1CCc2[nH]cnc2C12CCN(C(=O)C1CCS(=O)(=O)CC1)CC2. The van der Waals surface area contributed by atoms with Crippen molar-refractivity contribution in [1.29, 1.82) is 0 Å². The van der Waals surface area contributed by atoms with Crippen LogP contribution in [0.5, 0.6) is 0 Å². The number of amides is 1. The topological polar surface area (TPSA) is 86.4 Å². The Bertz CT molecular complexity index is 766. The van der Waals surface area contributed by atoms with Crippen molar-refractivity contribution in [2.24, 2.45) is 5.92 Å². The van der Waals surface area contributed by atoms with Crippen LogP contribution in [-0.2, 0) is 26.6 Å². The second kappa shape index (κ2) is 6.64. The van der Waals surface area contributed by atoms with E-state index in [2.05, 4.69) is 21.8 Å². The summed E-state index contributed by atoms with van der Waals surface area (Å²) in [7, 11) is -2.93. The van der Waals surface area contributed by atoms with E-state index in [1.165, 1.54) is 11.4 Å². The Kier molecular flexibility index (Phi) is 4.59. The lowest BCUT2D eigenvalue weighted by Crippen LogP contribution is -2.57. The highest BCUT2D eigenvalue weighted by Gasteiger charge is 2.47. The maximum absolute atomic E-state index is 12.9. The minimum atomic E-state index is -2.93. The van der Waals surface area contributed by atoms with Crippen molar-refractivity contribution < 1.29 is 13.2 Å². The molecule has 144 valence electrons. The molecule has 0 aromatic carbocycles. The number of H-pyrrole nitrogens is 1. The van der Waals surface area contributed by atoms with Crippen molar-refractivity contribution in [2.45, 2.75) is 44.6 Å². The van der Waals surface area contributed by atoms with Crippen molar-refractivity contribution in [1.82, 2.24) is 19.8 Å². The van der Waals surface area contributed by atoms with E-state index in [0.29, 0.717) is 12.8 Å². The van der Waals surface area contributed by atoms with Gasteiger partial charge in [-0.15, -0.1) is 0 Å². The Morgan fingerprint density at radius 3 is 2.62 bits per heavy atom. The number of nitrogens with one attached hydrogen (secondary N) is 1. The average molecular weight is 381 g/mol. The summed E-state index contributed by atoms with van der Waals surface area (Å²) in [4.78, 5) is 25.3. The number of likely N-dealkylation sites (tertiary alicyclic amines) is 1. The number of hydrogen-bond acceptors (Lipinski definition) is 5. The van der Waals surface area contributed by atoms with Gasteiger partial charge in [0.05, 0.1) is 29.1 Å². The molecule has 1 spiro atoms. The van der Waals surface area contributed by atoms with E-state index >= 15 is 0 Å². The molecule has 3 aliphatic heterocycles. The van der Waals surface area contributed by atoms with Gasteiger partial charge in [-0.05, 0) is 32.2 Å². The number of carbonyl (C=O) groups is 1. The number of aromatic nitrogens is 2. The monoisotopic (exact) mass is 380 g/mol. The molecule has 1 N–H and O–H groups in total. The molecule has 7 nitrogen and oxygen atoms in total. The van der Waals surface area contributed by atoms with Crippen molar-refractivity contribution in [3.05, 3.63) is 17.7 Å².